The average molecular weight is 399 g/mol. The molecule has 0 bridgehead atoms. The molecule has 158 valence electrons. The van der Waals surface area contributed by atoms with E-state index in [-0.39, 0.29) is 11.8 Å². The molecule has 1 saturated carbocycles. The van der Waals surface area contributed by atoms with Crippen LogP contribution in [0.5, 0.6) is 5.75 Å². The molecule has 0 N–H and O–H groups in total. The van der Waals surface area contributed by atoms with Crippen LogP contribution in [0.3, 0.4) is 0 Å². The van der Waals surface area contributed by atoms with E-state index in [0.29, 0.717) is 24.0 Å². The molecule has 0 radical (unpaired) electrons. The van der Waals surface area contributed by atoms with Gasteiger partial charge in [-0.15, -0.1) is 0 Å². The largest absolute Gasteiger partial charge is 0.493 e. The molecule has 3 fully saturated rings. The number of piperidine rings is 2. The third-order valence-corrected chi connectivity index (χ3v) is 6.75. The highest BCUT2D eigenvalue weighted by Crippen LogP contribution is 2.29. The van der Waals surface area contributed by atoms with Crippen molar-refractivity contribution in [1.82, 2.24) is 9.80 Å². The van der Waals surface area contributed by atoms with Gasteiger partial charge in [-0.05, 0) is 63.1 Å². The van der Waals surface area contributed by atoms with Gasteiger partial charge in [0.05, 0.1) is 6.61 Å². The van der Waals surface area contributed by atoms with Gasteiger partial charge in [0, 0.05) is 43.6 Å². The van der Waals surface area contributed by atoms with Crippen LogP contribution >= 0.6 is 0 Å². The van der Waals surface area contributed by atoms with Crippen molar-refractivity contribution in [3.8, 4) is 5.75 Å². The fraction of sp³-hybridized carbons (Fsp3) is 0.667. The molecule has 2 aliphatic heterocycles. The van der Waals surface area contributed by atoms with E-state index in [1.807, 2.05) is 29.2 Å². The van der Waals surface area contributed by atoms with Crippen molar-refractivity contribution < 1.29 is 14.3 Å². The summed E-state index contributed by atoms with van der Waals surface area (Å²) in [6.07, 6.45) is 10.1. The molecule has 0 spiro atoms. The Bertz CT molecular complexity index is 708. The molecule has 1 aromatic rings. The topological polar surface area (TPSA) is 49.9 Å². The fourth-order valence-corrected chi connectivity index (χ4v) is 5.04. The summed E-state index contributed by atoms with van der Waals surface area (Å²) in [4.78, 5) is 29.5. The summed E-state index contributed by atoms with van der Waals surface area (Å²) >= 11 is 0. The normalized spacial score (nSPS) is 23.2. The van der Waals surface area contributed by atoms with E-state index in [2.05, 4.69) is 4.90 Å². The van der Waals surface area contributed by atoms with E-state index in [1.54, 1.807) is 0 Å². The Balaban J connectivity index is 1.30. The zero-order chi connectivity index (χ0) is 20.1. The first-order valence-corrected chi connectivity index (χ1v) is 11.5. The molecule has 0 unspecified atom stereocenters. The second kappa shape index (κ2) is 9.64. The fourth-order valence-electron chi connectivity index (χ4n) is 5.04. The maximum absolute atomic E-state index is 12.7. The zero-order valence-corrected chi connectivity index (χ0v) is 17.5. The van der Waals surface area contributed by atoms with E-state index in [0.717, 1.165) is 70.5 Å². The second-order valence-electron chi connectivity index (χ2n) is 8.97. The van der Waals surface area contributed by atoms with Gasteiger partial charge in [-0.2, -0.15) is 0 Å². The molecule has 2 heterocycles. The van der Waals surface area contributed by atoms with E-state index in [4.69, 9.17) is 4.74 Å². The summed E-state index contributed by atoms with van der Waals surface area (Å²) in [5, 5.41) is 0. The minimum atomic E-state index is 0.112. The van der Waals surface area contributed by atoms with Crippen molar-refractivity contribution in [2.75, 3.05) is 32.8 Å². The lowest BCUT2D eigenvalue weighted by molar-refractivity contribution is -0.137. The monoisotopic (exact) mass is 398 g/mol. The molecule has 29 heavy (non-hydrogen) atoms. The number of benzene rings is 1. The van der Waals surface area contributed by atoms with Crippen molar-refractivity contribution >= 4 is 11.8 Å². The van der Waals surface area contributed by atoms with Crippen molar-refractivity contribution in [3.63, 3.8) is 0 Å². The predicted molar refractivity (Wildman–Crippen MR) is 113 cm³/mol. The molecule has 4 rings (SSSR count). The molecule has 2 saturated heterocycles. The van der Waals surface area contributed by atoms with Gasteiger partial charge < -0.3 is 14.5 Å². The van der Waals surface area contributed by atoms with E-state index in [1.165, 1.54) is 19.3 Å². The number of rotatable bonds is 5. The molecule has 5 nitrogen and oxygen atoms in total. The molecular weight excluding hydrogens is 364 g/mol. The number of carbonyl (C=O) groups excluding carboxylic acids is 2. The zero-order valence-electron chi connectivity index (χ0n) is 17.5. The van der Waals surface area contributed by atoms with Crippen LogP contribution in [0.4, 0.5) is 0 Å². The Hall–Kier alpha value is -2.04. The Labute approximate surface area is 174 Å². The summed E-state index contributed by atoms with van der Waals surface area (Å²) in [6.45, 7) is 4.02. The molecule has 1 atom stereocenters. The molecule has 3 aliphatic rings. The SMILES string of the molecule is O=C(c1cccc(OC[C@H]2CCCN(C(=O)C3CCCC3)C2)c1)N1CCCCC1. The Kier molecular flexibility index (Phi) is 6.73. The Morgan fingerprint density at radius 3 is 2.45 bits per heavy atom. The predicted octanol–water partition coefficient (Wildman–Crippen LogP) is 4.12. The van der Waals surface area contributed by atoms with Crippen LogP contribution in [0, 0.1) is 11.8 Å². The molecule has 5 heteroatoms. The van der Waals surface area contributed by atoms with E-state index >= 15 is 0 Å². The summed E-state index contributed by atoms with van der Waals surface area (Å²) in [7, 11) is 0. The minimum absolute atomic E-state index is 0.112. The number of hydrogen-bond donors (Lipinski definition) is 0. The summed E-state index contributed by atoms with van der Waals surface area (Å²) in [6, 6.07) is 7.59. The van der Waals surface area contributed by atoms with Crippen molar-refractivity contribution in [2.45, 2.75) is 57.8 Å². The first-order chi connectivity index (χ1) is 14.2. The van der Waals surface area contributed by atoms with Crippen LogP contribution in [0.15, 0.2) is 24.3 Å². The Morgan fingerprint density at radius 1 is 0.897 bits per heavy atom. The van der Waals surface area contributed by atoms with Crippen LogP contribution in [0.2, 0.25) is 0 Å². The second-order valence-corrected chi connectivity index (χ2v) is 8.97. The van der Waals surface area contributed by atoms with Crippen molar-refractivity contribution in [3.05, 3.63) is 29.8 Å². The summed E-state index contributed by atoms with van der Waals surface area (Å²) < 4.78 is 6.07. The standard InChI is InChI=1S/C24H34N2O3/c27-23(20-9-2-3-10-20)26-15-7-8-19(17-26)18-29-22-12-6-11-21(16-22)24(28)25-13-4-1-5-14-25/h6,11-12,16,19-20H,1-5,7-10,13-15,17-18H2/t19-/m0/s1. The van der Waals surface area contributed by atoms with Gasteiger partial charge in [-0.1, -0.05) is 18.9 Å². The van der Waals surface area contributed by atoms with Gasteiger partial charge in [0.25, 0.3) is 5.91 Å². The number of ether oxygens (including phenoxy) is 1. The van der Waals surface area contributed by atoms with Gasteiger partial charge in [0.2, 0.25) is 5.91 Å². The number of carbonyl (C=O) groups is 2. The summed E-state index contributed by atoms with van der Waals surface area (Å²) in [5.74, 6) is 1.86. The third-order valence-electron chi connectivity index (χ3n) is 6.75. The highest BCUT2D eigenvalue weighted by atomic mass is 16.5. The van der Waals surface area contributed by atoms with Crippen molar-refractivity contribution in [2.24, 2.45) is 11.8 Å². The molecule has 1 aliphatic carbocycles. The lowest BCUT2D eigenvalue weighted by Crippen LogP contribution is -2.43. The van der Waals surface area contributed by atoms with Gasteiger partial charge in [-0.25, -0.2) is 0 Å². The highest BCUT2D eigenvalue weighted by Gasteiger charge is 2.30. The van der Waals surface area contributed by atoms with Gasteiger partial charge in [0.15, 0.2) is 0 Å². The molecular formula is C24H34N2O3. The molecule has 2 amide bonds. The van der Waals surface area contributed by atoms with Crippen LogP contribution in [0.1, 0.15) is 68.1 Å². The van der Waals surface area contributed by atoms with Crippen LogP contribution < -0.4 is 4.74 Å². The summed E-state index contributed by atoms with van der Waals surface area (Å²) in [5.41, 5.74) is 0.714. The lowest BCUT2D eigenvalue weighted by Gasteiger charge is -2.34. The number of amides is 2. The lowest BCUT2D eigenvalue weighted by atomic mass is 9.96. The van der Waals surface area contributed by atoms with E-state index in [9.17, 15) is 9.59 Å². The maximum Gasteiger partial charge on any atom is 0.253 e. The highest BCUT2D eigenvalue weighted by molar-refractivity contribution is 5.94. The quantitative estimate of drug-likeness (QED) is 0.750. The third kappa shape index (κ3) is 5.12. The number of nitrogens with zero attached hydrogens (tertiary/aromatic N) is 2. The smallest absolute Gasteiger partial charge is 0.253 e. The van der Waals surface area contributed by atoms with Crippen LogP contribution in [0.25, 0.3) is 0 Å². The van der Waals surface area contributed by atoms with Gasteiger partial charge in [-0.3, -0.25) is 9.59 Å². The number of likely N-dealkylation sites (tertiary alicyclic amines) is 2. The Morgan fingerprint density at radius 2 is 1.66 bits per heavy atom. The van der Waals surface area contributed by atoms with E-state index < -0.39 is 0 Å². The first-order valence-electron chi connectivity index (χ1n) is 11.5. The maximum atomic E-state index is 12.7. The first kappa shape index (κ1) is 20.2. The average Bonchev–Trinajstić information content (AvgIpc) is 3.33. The minimum Gasteiger partial charge on any atom is -0.493 e. The molecule has 0 aromatic heterocycles. The van der Waals surface area contributed by atoms with Gasteiger partial charge in [0.1, 0.15) is 5.75 Å². The van der Waals surface area contributed by atoms with Gasteiger partial charge >= 0.3 is 0 Å². The van der Waals surface area contributed by atoms with Crippen LogP contribution in [-0.2, 0) is 4.79 Å². The van der Waals surface area contributed by atoms with Crippen molar-refractivity contribution in [1.29, 1.82) is 0 Å². The van der Waals surface area contributed by atoms with Crippen LogP contribution in [-0.4, -0.2) is 54.4 Å². The molecule has 1 aromatic carbocycles. The number of hydrogen-bond acceptors (Lipinski definition) is 3.